The number of hydrogen-bond donors (Lipinski definition) is 0. The van der Waals surface area contributed by atoms with E-state index in [2.05, 4.69) is 120 Å². The van der Waals surface area contributed by atoms with E-state index < -0.39 is 0 Å². The summed E-state index contributed by atoms with van der Waals surface area (Å²) in [5.74, 6) is 2.48. The molecule has 0 N–H and O–H groups in total. The molecule has 0 aliphatic carbocycles. The molecule has 2 fully saturated rings. The molecule has 48 heavy (non-hydrogen) atoms. The van der Waals surface area contributed by atoms with E-state index in [1.54, 1.807) is 0 Å². The van der Waals surface area contributed by atoms with Crippen LogP contribution in [0.3, 0.4) is 0 Å². The van der Waals surface area contributed by atoms with Gasteiger partial charge in [0.1, 0.15) is 24.7 Å². The first-order valence-electron chi connectivity index (χ1n) is 17.2. The smallest absolute Gasteiger partial charge is 0.120 e. The fraction of sp³-hybridized carbons (Fsp3) is 0.256. The Kier molecular flexibility index (Phi) is 8.61. The van der Waals surface area contributed by atoms with Gasteiger partial charge in [-0.1, -0.05) is 72.8 Å². The highest BCUT2D eigenvalue weighted by Crippen LogP contribution is 2.37. The molecule has 1 atom stereocenters. The Bertz CT molecular complexity index is 1960. The number of epoxide rings is 1. The number of nitrogens with zero attached hydrogens (tertiary/aromatic N) is 2. The van der Waals surface area contributed by atoms with Gasteiger partial charge in [-0.05, 0) is 108 Å². The fourth-order valence-electron chi connectivity index (χ4n) is 7.17. The predicted octanol–water partition coefficient (Wildman–Crippen LogP) is 9.44. The third-order valence-electron chi connectivity index (χ3n) is 9.98. The molecule has 0 amide bonds. The summed E-state index contributed by atoms with van der Waals surface area (Å²) in [6.45, 7) is 7.27. The van der Waals surface area contributed by atoms with Crippen LogP contribution in [0.25, 0.3) is 22.2 Å². The Morgan fingerprint density at radius 1 is 0.667 bits per heavy atom. The van der Waals surface area contributed by atoms with Crippen LogP contribution >= 0.6 is 0 Å². The largest absolute Gasteiger partial charge is 0.489 e. The monoisotopic (exact) mass is 634 g/mol. The topological polar surface area (TPSA) is 39.2 Å². The van der Waals surface area contributed by atoms with Gasteiger partial charge in [-0.3, -0.25) is 0 Å². The summed E-state index contributed by atoms with van der Waals surface area (Å²) in [5, 5.41) is 1.21. The van der Waals surface area contributed by atoms with E-state index in [1.165, 1.54) is 51.8 Å². The van der Waals surface area contributed by atoms with Gasteiger partial charge in [0.2, 0.25) is 0 Å². The molecule has 5 nitrogen and oxygen atoms in total. The lowest BCUT2D eigenvalue weighted by Crippen LogP contribution is -2.35. The van der Waals surface area contributed by atoms with Gasteiger partial charge in [-0.25, -0.2) is 0 Å². The number of hydrogen-bond acceptors (Lipinski definition) is 4. The van der Waals surface area contributed by atoms with Crippen LogP contribution in [0, 0.1) is 12.8 Å². The average Bonchev–Trinajstić information content (AvgIpc) is 3.97. The van der Waals surface area contributed by atoms with E-state index in [0.717, 1.165) is 54.8 Å². The number of anilines is 1. The minimum absolute atomic E-state index is 0.521. The average molecular weight is 635 g/mol. The lowest BCUT2D eigenvalue weighted by molar-refractivity contribution is 0.288. The second-order valence-electron chi connectivity index (χ2n) is 13.2. The van der Waals surface area contributed by atoms with Crippen LogP contribution in [0.15, 0.2) is 127 Å². The van der Waals surface area contributed by atoms with Crippen molar-refractivity contribution in [2.45, 2.75) is 45.6 Å². The van der Waals surface area contributed by atoms with Crippen molar-refractivity contribution in [1.29, 1.82) is 0 Å². The van der Waals surface area contributed by atoms with Gasteiger partial charge in [-0.2, -0.15) is 0 Å². The Hall–Kier alpha value is -5.00. The summed E-state index contributed by atoms with van der Waals surface area (Å²) in [4.78, 5) is 2.53. The SMILES string of the molecule is Cc1c(-c2ccc(OCc3ccccc3)cc2)n(Cc2ccc(N3CCC(C4CO4)CC3)cc2)c2ccc(OCc3ccccc3)cc12. The highest BCUT2D eigenvalue weighted by molar-refractivity contribution is 5.92. The first kappa shape index (κ1) is 30.3. The minimum atomic E-state index is 0.521. The molecule has 5 heteroatoms. The lowest BCUT2D eigenvalue weighted by atomic mass is 9.93. The minimum Gasteiger partial charge on any atom is -0.489 e. The fourth-order valence-corrected chi connectivity index (χ4v) is 7.17. The zero-order valence-electron chi connectivity index (χ0n) is 27.6. The van der Waals surface area contributed by atoms with Crippen LogP contribution in [0.1, 0.15) is 35.1 Å². The van der Waals surface area contributed by atoms with Crippen molar-refractivity contribution in [3.8, 4) is 22.8 Å². The number of ether oxygens (including phenoxy) is 3. The van der Waals surface area contributed by atoms with Gasteiger partial charge in [0.25, 0.3) is 0 Å². The van der Waals surface area contributed by atoms with Crippen LogP contribution in [0.2, 0.25) is 0 Å². The molecule has 0 spiro atoms. The third-order valence-corrected chi connectivity index (χ3v) is 9.98. The Morgan fingerprint density at radius 2 is 1.27 bits per heavy atom. The van der Waals surface area contributed by atoms with Crippen LogP contribution < -0.4 is 14.4 Å². The molecule has 242 valence electrons. The number of rotatable bonds is 11. The Morgan fingerprint density at radius 3 is 1.90 bits per heavy atom. The number of aryl methyl sites for hydroxylation is 1. The molecule has 6 aromatic rings. The van der Waals surface area contributed by atoms with Crippen LogP contribution in [-0.4, -0.2) is 30.4 Å². The van der Waals surface area contributed by atoms with Gasteiger partial charge < -0.3 is 23.7 Å². The Labute approximate surface area is 283 Å². The van der Waals surface area contributed by atoms with Gasteiger partial charge in [0, 0.05) is 36.2 Å². The standard InChI is InChI=1S/C43H42N2O3/c1-31-40-26-39(47-29-34-10-6-3-7-11-34)20-21-41(40)45(43(31)36-14-18-38(19-15-36)46-28-33-8-4-2-5-9-33)27-32-12-16-37(17-13-32)44-24-22-35(23-25-44)42-30-48-42/h2-21,26,35,42H,22-25,27-30H2,1H3. The van der Waals surface area contributed by atoms with E-state index >= 15 is 0 Å². The normalized spacial score (nSPS) is 16.3. The molecule has 2 saturated heterocycles. The maximum absolute atomic E-state index is 6.26. The summed E-state index contributed by atoms with van der Waals surface area (Å²) >= 11 is 0. The van der Waals surface area contributed by atoms with Gasteiger partial charge in [0.05, 0.1) is 18.4 Å². The van der Waals surface area contributed by atoms with Crippen molar-refractivity contribution in [3.05, 3.63) is 150 Å². The number of benzene rings is 5. The second-order valence-corrected chi connectivity index (χ2v) is 13.2. The molecule has 0 saturated carbocycles. The molecule has 1 unspecified atom stereocenters. The van der Waals surface area contributed by atoms with E-state index in [9.17, 15) is 0 Å². The van der Waals surface area contributed by atoms with E-state index in [4.69, 9.17) is 14.2 Å². The second kappa shape index (κ2) is 13.6. The van der Waals surface area contributed by atoms with Gasteiger partial charge >= 0.3 is 0 Å². The van der Waals surface area contributed by atoms with E-state index in [0.29, 0.717) is 19.3 Å². The summed E-state index contributed by atoms with van der Waals surface area (Å²) < 4.78 is 20.4. The highest BCUT2D eigenvalue weighted by atomic mass is 16.6. The molecule has 8 rings (SSSR count). The van der Waals surface area contributed by atoms with Crippen LogP contribution in [0.5, 0.6) is 11.5 Å². The molecule has 3 heterocycles. The molecule has 1 aromatic heterocycles. The van der Waals surface area contributed by atoms with Gasteiger partial charge in [0.15, 0.2) is 0 Å². The van der Waals surface area contributed by atoms with Crippen molar-refractivity contribution in [3.63, 3.8) is 0 Å². The predicted molar refractivity (Wildman–Crippen MR) is 194 cm³/mol. The van der Waals surface area contributed by atoms with E-state index in [-0.39, 0.29) is 0 Å². The molecular formula is C43H42N2O3. The highest BCUT2D eigenvalue weighted by Gasteiger charge is 2.34. The first-order chi connectivity index (χ1) is 23.7. The summed E-state index contributed by atoms with van der Waals surface area (Å²) in [5.41, 5.74) is 9.74. The summed E-state index contributed by atoms with van der Waals surface area (Å²) in [6, 6.07) is 44.9. The molecular weight excluding hydrogens is 592 g/mol. The van der Waals surface area contributed by atoms with Crippen molar-refractivity contribution in [2.75, 3.05) is 24.6 Å². The zero-order valence-corrected chi connectivity index (χ0v) is 27.6. The quantitative estimate of drug-likeness (QED) is 0.133. The number of aromatic nitrogens is 1. The summed E-state index contributed by atoms with van der Waals surface area (Å²) in [6.07, 6.45) is 2.96. The van der Waals surface area contributed by atoms with E-state index in [1.807, 2.05) is 24.3 Å². The molecule has 0 radical (unpaired) electrons. The van der Waals surface area contributed by atoms with Gasteiger partial charge in [-0.15, -0.1) is 0 Å². The Balaban J connectivity index is 1.07. The number of fused-ring (bicyclic) bond motifs is 1. The maximum Gasteiger partial charge on any atom is 0.120 e. The lowest BCUT2D eigenvalue weighted by Gasteiger charge is -2.33. The molecule has 5 aromatic carbocycles. The van der Waals surface area contributed by atoms with Crippen LogP contribution in [0.4, 0.5) is 5.69 Å². The molecule has 2 aliphatic heterocycles. The van der Waals surface area contributed by atoms with Crippen molar-refractivity contribution >= 4 is 16.6 Å². The first-order valence-corrected chi connectivity index (χ1v) is 17.2. The summed E-state index contributed by atoms with van der Waals surface area (Å²) in [7, 11) is 0. The van der Waals surface area contributed by atoms with Crippen LogP contribution in [-0.2, 0) is 24.5 Å². The molecule has 0 bridgehead atoms. The number of piperidine rings is 1. The maximum atomic E-state index is 6.26. The molecule has 2 aliphatic rings. The van der Waals surface area contributed by atoms with Crippen molar-refractivity contribution < 1.29 is 14.2 Å². The third kappa shape index (κ3) is 6.69. The van der Waals surface area contributed by atoms with Crippen molar-refractivity contribution in [1.82, 2.24) is 4.57 Å². The zero-order chi connectivity index (χ0) is 32.3. The van der Waals surface area contributed by atoms with Crippen molar-refractivity contribution in [2.24, 2.45) is 5.92 Å².